The molecule has 0 fully saturated rings. The molecule has 21 heavy (non-hydrogen) atoms. The van der Waals surface area contributed by atoms with E-state index in [1.807, 2.05) is 0 Å². The number of carboxylic acids is 1. The Hall–Kier alpha value is -2.41. The first-order valence-electron chi connectivity index (χ1n) is 6.03. The van der Waals surface area contributed by atoms with Gasteiger partial charge in [0.25, 0.3) is 0 Å². The number of aromatic carboxylic acids is 1. The Morgan fingerprint density at radius 1 is 1.19 bits per heavy atom. The number of aromatic nitrogens is 1. The molecule has 6 nitrogen and oxygen atoms in total. The van der Waals surface area contributed by atoms with Gasteiger partial charge in [-0.1, -0.05) is 0 Å². The minimum atomic E-state index is -1.05. The Morgan fingerprint density at radius 2 is 1.90 bits per heavy atom. The van der Waals surface area contributed by atoms with Gasteiger partial charge in [-0.15, -0.1) is 0 Å². The molecule has 1 aromatic carbocycles. The van der Waals surface area contributed by atoms with Crippen LogP contribution in [0.4, 0.5) is 10.5 Å². The minimum Gasteiger partial charge on any atom is -0.478 e. The van der Waals surface area contributed by atoms with Crippen molar-refractivity contribution in [3.8, 4) is 0 Å². The number of nitrogens with zero attached hydrogens (tertiary/aromatic N) is 1. The van der Waals surface area contributed by atoms with Crippen LogP contribution in [0.5, 0.6) is 0 Å². The number of benzene rings is 1. The van der Waals surface area contributed by atoms with E-state index in [0.717, 1.165) is 5.56 Å². The molecule has 2 aromatic rings. The summed E-state index contributed by atoms with van der Waals surface area (Å²) in [4.78, 5) is 26.6. The summed E-state index contributed by atoms with van der Waals surface area (Å²) < 4.78 is 0.603. The molecule has 0 saturated heterocycles. The highest BCUT2D eigenvalue weighted by atomic mass is 79.9. The van der Waals surface area contributed by atoms with Crippen molar-refractivity contribution >= 4 is 33.6 Å². The van der Waals surface area contributed by atoms with Crippen LogP contribution in [-0.4, -0.2) is 22.1 Å². The van der Waals surface area contributed by atoms with E-state index in [0.29, 0.717) is 16.7 Å². The highest BCUT2D eigenvalue weighted by Gasteiger charge is 2.09. The Morgan fingerprint density at radius 3 is 2.57 bits per heavy atom. The second kappa shape index (κ2) is 6.85. The fraction of sp³-hybridized carbons (Fsp3) is 0.0714. The normalized spacial score (nSPS) is 9.95. The molecule has 1 heterocycles. The number of carboxylic acid groups (broad SMARTS) is 1. The fourth-order valence-corrected chi connectivity index (χ4v) is 1.95. The Labute approximate surface area is 129 Å². The van der Waals surface area contributed by atoms with Gasteiger partial charge in [0.15, 0.2) is 0 Å². The monoisotopic (exact) mass is 349 g/mol. The number of pyridine rings is 1. The highest BCUT2D eigenvalue weighted by molar-refractivity contribution is 9.10. The van der Waals surface area contributed by atoms with E-state index in [1.54, 1.807) is 30.6 Å². The zero-order valence-corrected chi connectivity index (χ0v) is 12.4. The Bertz CT molecular complexity index is 662. The van der Waals surface area contributed by atoms with Crippen LogP contribution >= 0.6 is 15.9 Å². The molecule has 0 aliphatic rings. The maximum atomic E-state index is 11.8. The van der Waals surface area contributed by atoms with Crippen molar-refractivity contribution in [3.63, 3.8) is 0 Å². The molecule has 0 radical (unpaired) electrons. The van der Waals surface area contributed by atoms with E-state index in [2.05, 4.69) is 31.5 Å². The minimum absolute atomic E-state index is 0.0997. The van der Waals surface area contributed by atoms with Crippen LogP contribution in [0.15, 0.2) is 47.2 Å². The molecule has 0 aliphatic heterocycles. The zero-order valence-electron chi connectivity index (χ0n) is 10.8. The third-order valence-electron chi connectivity index (χ3n) is 2.66. The summed E-state index contributed by atoms with van der Waals surface area (Å²) in [5.41, 5.74) is 1.41. The summed E-state index contributed by atoms with van der Waals surface area (Å²) >= 11 is 3.26. The summed E-state index contributed by atoms with van der Waals surface area (Å²) in [5, 5.41) is 14.2. The molecule has 0 aliphatic carbocycles. The molecule has 3 N–H and O–H groups in total. The first kappa shape index (κ1) is 15.0. The molecule has 2 rings (SSSR count). The van der Waals surface area contributed by atoms with Gasteiger partial charge >= 0.3 is 12.0 Å². The van der Waals surface area contributed by atoms with E-state index in [1.165, 1.54) is 12.1 Å². The number of halogens is 1. The molecule has 1 aromatic heterocycles. The van der Waals surface area contributed by atoms with Crippen molar-refractivity contribution in [2.75, 3.05) is 5.32 Å². The van der Waals surface area contributed by atoms with Crippen LogP contribution < -0.4 is 10.6 Å². The lowest BCUT2D eigenvalue weighted by molar-refractivity contribution is 0.0697. The van der Waals surface area contributed by atoms with Gasteiger partial charge in [-0.3, -0.25) is 4.98 Å². The molecule has 0 bridgehead atoms. The predicted octanol–water partition coefficient (Wildman–Crippen LogP) is 2.86. The van der Waals surface area contributed by atoms with Gasteiger partial charge in [0.05, 0.1) is 11.3 Å². The van der Waals surface area contributed by atoms with E-state index in [9.17, 15) is 9.59 Å². The first-order chi connectivity index (χ1) is 10.1. The molecule has 2 amide bonds. The van der Waals surface area contributed by atoms with Gasteiger partial charge in [0.2, 0.25) is 0 Å². The van der Waals surface area contributed by atoms with Crippen LogP contribution in [0.25, 0.3) is 0 Å². The van der Waals surface area contributed by atoms with Crippen molar-refractivity contribution in [2.24, 2.45) is 0 Å². The molecule has 108 valence electrons. The van der Waals surface area contributed by atoms with Crippen molar-refractivity contribution < 1.29 is 14.7 Å². The molecule has 7 heteroatoms. The second-order valence-electron chi connectivity index (χ2n) is 4.16. The lowest BCUT2D eigenvalue weighted by atomic mass is 10.2. The van der Waals surface area contributed by atoms with Crippen LogP contribution in [0.3, 0.4) is 0 Å². The number of rotatable bonds is 4. The molecule has 0 atom stereocenters. The number of carbonyl (C=O) groups is 2. The summed E-state index contributed by atoms with van der Waals surface area (Å²) in [7, 11) is 0. The summed E-state index contributed by atoms with van der Waals surface area (Å²) in [6.45, 7) is 0.352. The predicted molar refractivity (Wildman–Crippen MR) is 81.2 cm³/mol. The SMILES string of the molecule is O=C(NCc1ccncc1)Nc1cc(C(=O)O)ccc1Br. The number of carbonyl (C=O) groups excluding carboxylic acids is 1. The zero-order chi connectivity index (χ0) is 15.2. The second-order valence-corrected chi connectivity index (χ2v) is 5.02. The number of hydrogen-bond acceptors (Lipinski definition) is 3. The van der Waals surface area contributed by atoms with Crippen LogP contribution in [0.2, 0.25) is 0 Å². The van der Waals surface area contributed by atoms with E-state index in [-0.39, 0.29) is 5.56 Å². The fourth-order valence-electron chi connectivity index (χ4n) is 1.60. The smallest absolute Gasteiger partial charge is 0.335 e. The van der Waals surface area contributed by atoms with Gasteiger partial charge in [0, 0.05) is 23.4 Å². The molecular weight excluding hydrogens is 338 g/mol. The van der Waals surface area contributed by atoms with Crippen LogP contribution in [0, 0.1) is 0 Å². The third-order valence-corrected chi connectivity index (χ3v) is 3.36. The number of urea groups is 1. The van der Waals surface area contributed by atoms with Gasteiger partial charge in [-0.25, -0.2) is 9.59 Å². The quantitative estimate of drug-likeness (QED) is 0.791. The highest BCUT2D eigenvalue weighted by Crippen LogP contribution is 2.23. The Kier molecular flexibility index (Phi) is 4.89. The Balaban J connectivity index is 1.99. The number of nitrogens with one attached hydrogen (secondary N) is 2. The first-order valence-corrected chi connectivity index (χ1v) is 6.82. The van der Waals surface area contributed by atoms with Crippen molar-refractivity contribution in [1.29, 1.82) is 0 Å². The van der Waals surface area contributed by atoms with Crippen molar-refractivity contribution in [2.45, 2.75) is 6.54 Å². The topological polar surface area (TPSA) is 91.3 Å². The number of amides is 2. The van der Waals surface area contributed by atoms with Gasteiger partial charge in [-0.2, -0.15) is 0 Å². The lowest BCUT2D eigenvalue weighted by Crippen LogP contribution is -2.28. The molecular formula is C14H12BrN3O3. The largest absolute Gasteiger partial charge is 0.478 e. The number of hydrogen-bond donors (Lipinski definition) is 3. The number of anilines is 1. The summed E-state index contributed by atoms with van der Waals surface area (Å²) in [6, 6.07) is 7.57. The third kappa shape index (κ3) is 4.28. The summed E-state index contributed by atoms with van der Waals surface area (Å²) in [6.07, 6.45) is 3.28. The standard InChI is InChI=1S/C14H12BrN3O3/c15-11-2-1-10(13(19)20)7-12(11)18-14(21)17-8-9-3-5-16-6-4-9/h1-7H,8H2,(H,19,20)(H2,17,18,21). The van der Waals surface area contributed by atoms with Crippen molar-refractivity contribution in [1.82, 2.24) is 10.3 Å². The molecule has 0 unspecified atom stereocenters. The maximum Gasteiger partial charge on any atom is 0.335 e. The van der Waals surface area contributed by atoms with Crippen LogP contribution in [-0.2, 0) is 6.54 Å². The van der Waals surface area contributed by atoms with E-state index in [4.69, 9.17) is 5.11 Å². The van der Waals surface area contributed by atoms with Crippen molar-refractivity contribution in [3.05, 3.63) is 58.3 Å². The van der Waals surface area contributed by atoms with E-state index < -0.39 is 12.0 Å². The summed E-state index contributed by atoms with van der Waals surface area (Å²) in [5.74, 6) is -1.05. The van der Waals surface area contributed by atoms with Gasteiger partial charge in [-0.05, 0) is 51.8 Å². The van der Waals surface area contributed by atoms with Gasteiger partial charge < -0.3 is 15.7 Å². The van der Waals surface area contributed by atoms with Gasteiger partial charge in [0.1, 0.15) is 0 Å². The average Bonchev–Trinajstić information content (AvgIpc) is 2.48. The van der Waals surface area contributed by atoms with Crippen LogP contribution in [0.1, 0.15) is 15.9 Å². The van der Waals surface area contributed by atoms with E-state index >= 15 is 0 Å². The lowest BCUT2D eigenvalue weighted by Gasteiger charge is -2.10. The molecule has 0 saturated carbocycles. The maximum absolute atomic E-state index is 11.8. The average molecular weight is 350 g/mol. The molecule has 0 spiro atoms.